The number of benzene rings is 2. The van der Waals surface area contributed by atoms with Crippen molar-refractivity contribution in [3.05, 3.63) is 75.6 Å². The van der Waals surface area contributed by atoms with Crippen LogP contribution in [0.4, 0.5) is 11.4 Å². The van der Waals surface area contributed by atoms with Gasteiger partial charge in [0, 0.05) is 49.0 Å². The number of nitro groups is 1. The molecule has 1 amide bonds. The van der Waals surface area contributed by atoms with Crippen LogP contribution in [0.1, 0.15) is 21.7 Å². The molecular weight excluding hydrogens is 416 g/mol. The predicted octanol–water partition coefficient (Wildman–Crippen LogP) is 3.29. The van der Waals surface area contributed by atoms with E-state index in [0.717, 1.165) is 36.7 Å². The maximum atomic E-state index is 12.8. The van der Waals surface area contributed by atoms with Crippen molar-refractivity contribution in [2.45, 2.75) is 13.5 Å². The van der Waals surface area contributed by atoms with Gasteiger partial charge in [-0.2, -0.15) is 11.8 Å². The SMILES string of the molecule is Cc1c(C(=O)Nc2cccc(CN3CCSCC3)c2)nnn1-c1cccc([N+](=O)[O-])c1. The molecule has 0 unspecified atom stereocenters. The van der Waals surface area contributed by atoms with E-state index < -0.39 is 4.92 Å². The van der Waals surface area contributed by atoms with Crippen molar-refractivity contribution < 1.29 is 9.72 Å². The summed E-state index contributed by atoms with van der Waals surface area (Å²) in [5.41, 5.74) is 2.92. The lowest BCUT2D eigenvalue weighted by atomic mass is 10.2. The van der Waals surface area contributed by atoms with Crippen molar-refractivity contribution in [3.8, 4) is 5.69 Å². The van der Waals surface area contributed by atoms with Crippen LogP contribution in [0.5, 0.6) is 0 Å². The zero-order chi connectivity index (χ0) is 21.8. The summed E-state index contributed by atoms with van der Waals surface area (Å²) in [5, 5.41) is 21.9. The van der Waals surface area contributed by atoms with Crippen LogP contribution in [0.25, 0.3) is 5.69 Å². The summed E-state index contributed by atoms with van der Waals surface area (Å²) in [5.74, 6) is 1.92. The van der Waals surface area contributed by atoms with Crippen LogP contribution < -0.4 is 5.32 Å². The Morgan fingerprint density at radius 1 is 1.19 bits per heavy atom. The highest BCUT2D eigenvalue weighted by Crippen LogP contribution is 2.20. The van der Waals surface area contributed by atoms with E-state index in [-0.39, 0.29) is 17.3 Å². The second-order valence-electron chi connectivity index (χ2n) is 7.26. The molecule has 1 fully saturated rings. The maximum Gasteiger partial charge on any atom is 0.278 e. The number of nitrogens with one attached hydrogen (secondary N) is 1. The van der Waals surface area contributed by atoms with Gasteiger partial charge in [-0.05, 0) is 30.7 Å². The molecule has 3 aromatic rings. The zero-order valence-electron chi connectivity index (χ0n) is 17.0. The Bertz CT molecular complexity index is 1110. The first-order valence-electron chi connectivity index (χ1n) is 9.89. The third kappa shape index (κ3) is 4.92. The lowest BCUT2D eigenvalue weighted by Crippen LogP contribution is -2.31. The molecule has 0 atom stereocenters. The monoisotopic (exact) mass is 438 g/mol. The van der Waals surface area contributed by atoms with Gasteiger partial charge in [-0.25, -0.2) is 4.68 Å². The summed E-state index contributed by atoms with van der Waals surface area (Å²) < 4.78 is 1.42. The summed E-state index contributed by atoms with van der Waals surface area (Å²) in [7, 11) is 0. The normalized spacial score (nSPS) is 14.4. The number of hydrogen-bond acceptors (Lipinski definition) is 7. The van der Waals surface area contributed by atoms with E-state index in [2.05, 4.69) is 26.6 Å². The average Bonchev–Trinajstić information content (AvgIpc) is 3.16. The fourth-order valence-electron chi connectivity index (χ4n) is 3.48. The number of nitrogens with zero attached hydrogens (tertiary/aromatic N) is 5. The minimum absolute atomic E-state index is 0.0532. The summed E-state index contributed by atoms with van der Waals surface area (Å²) >= 11 is 1.98. The van der Waals surface area contributed by atoms with Gasteiger partial charge in [0.15, 0.2) is 5.69 Å². The molecule has 1 aliphatic heterocycles. The van der Waals surface area contributed by atoms with Crippen LogP contribution in [0.3, 0.4) is 0 Å². The molecule has 2 aromatic carbocycles. The molecular formula is C21H22N6O3S. The number of carbonyl (C=O) groups excluding carboxylic acids is 1. The molecule has 2 heterocycles. The van der Waals surface area contributed by atoms with Crippen molar-refractivity contribution in [2.24, 2.45) is 0 Å². The molecule has 1 aromatic heterocycles. The van der Waals surface area contributed by atoms with E-state index in [1.807, 2.05) is 30.0 Å². The van der Waals surface area contributed by atoms with Gasteiger partial charge >= 0.3 is 0 Å². The summed E-state index contributed by atoms with van der Waals surface area (Å²) in [6, 6.07) is 13.8. The van der Waals surface area contributed by atoms with Crippen LogP contribution in [-0.4, -0.2) is 55.3 Å². The van der Waals surface area contributed by atoms with Gasteiger partial charge in [0.05, 0.1) is 16.3 Å². The van der Waals surface area contributed by atoms with Crippen LogP contribution >= 0.6 is 11.8 Å². The molecule has 0 saturated carbocycles. The number of non-ortho nitro benzene ring substituents is 1. The van der Waals surface area contributed by atoms with Crippen LogP contribution in [0.15, 0.2) is 48.5 Å². The molecule has 10 heteroatoms. The number of anilines is 1. The fraction of sp³-hybridized carbons (Fsp3) is 0.286. The molecule has 1 saturated heterocycles. The van der Waals surface area contributed by atoms with Gasteiger partial charge in [0.1, 0.15) is 0 Å². The van der Waals surface area contributed by atoms with Gasteiger partial charge in [0.2, 0.25) is 0 Å². The molecule has 9 nitrogen and oxygen atoms in total. The Morgan fingerprint density at radius 3 is 2.74 bits per heavy atom. The van der Waals surface area contributed by atoms with Crippen LogP contribution in [0.2, 0.25) is 0 Å². The molecule has 4 rings (SSSR count). The van der Waals surface area contributed by atoms with Crippen molar-refractivity contribution in [2.75, 3.05) is 29.9 Å². The molecule has 160 valence electrons. The summed E-state index contributed by atoms with van der Waals surface area (Å²) in [6.07, 6.45) is 0. The fourth-order valence-corrected chi connectivity index (χ4v) is 4.46. The Kier molecular flexibility index (Phi) is 6.28. The summed E-state index contributed by atoms with van der Waals surface area (Å²) in [4.78, 5) is 25.8. The largest absolute Gasteiger partial charge is 0.321 e. The highest BCUT2D eigenvalue weighted by Gasteiger charge is 2.19. The Labute approximate surface area is 183 Å². The third-order valence-corrected chi connectivity index (χ3v) is 6.03. The molecule has 0 spiro atoms. The first-order chi connectivity index (χ1) is 15.0. The number of amides is 1. The molecule has 31 heavy (non-hydrogen) atoms. The second kappa shape index (κ2) is 9.27. The smallest absolute Gasteiger partial charge is 0.278 e. The number of nitro benzene ring substituents is 1. The van der Waals surface area contributed by atoms with Crippen molar-refractivity contribution in [3.63, 3.8) is 0 Å². The Hall–Kier alpha value is -3.24. The van der Waals surface area contributed by atoms with Gasteiger partial charge in [-0.1, -0.05) is 23.4 Å². The lowest BCUT2D eigenvalue weighted by molar-refractivity contribution is -0.384. The van der Waals surface area contributed by atoms with E-state index in [1.54, 1.807) is 19.1 Å². The molecule has 0 bridgehead atoms. The number of aromatic nitrogens is 3. The first-order valence-corrected chi connectivity index (χ1v) is 11.0. The molecule has 1 aliphatic rings. The van der Waals surface area contributed by atoms with Crippen molar-refractivity contribution in [1.29, 1.82) is 0 Å². The van der Waals surface area contributed by atoms with Gasteiger partial charge in [-0.3, -0.25) is 19.8 Å². The molecule has 1 N–H and O–H groups in total. The first kappa shape index (κ1) is 21.0. The maximum absolute atomic E-state index is 12.8. The zero-order valence-corrected chi connectivity index (χ0v) is 17.8. The highest BCUT2D eigenvalue weighted by molar-refractivity contribution is 7.99. The Balaban J connectivity index is 1.49. The lowest BCUT2D eigenvalue weighted by Gasteiger charge is -2.26. The number of hydrogen-bond donors (Lipinski definition) is 1. The highest BCUT2D eigenvalue weighted by atomic mass is 32.2. The van der Waals surface area contributed by atoms with Gasteiger partial charge in [0.25, 0.3) is 11.6 Å². The van der Waals surface area contributed by atoms with Crippen molar-refractivity contribution in [1.82, 2.24) is 19.9 Å². The Morgan fingerprint density at radius 2 is 1.97 bits per heavy atom. The second-order valence-corrected chi connectivity index (χ2v) is 8.48. The number of thioether (sulfide) groups is 1. The van der Waals surface area contributed by atoms with E-state index in [1.165, 1.54) is 16.8 Å². The molecule has 0 radical (unpaired) electrons. The van der Waals surface area contributed by atoms with E-state index in [4.69, 9.17) is 0 Å². The predicted molar refractivity (Wildman–Crippen MR) is 120 cm³/mol. The summed E-state index contributed by atoms with van der Waals surface area (Å²) in [6.45, 7) is 4.70. The quantitative estimate of drug-likeness (QED) is 0.465. The minimum Gasteiger partial charge on any atom is -0.321 e. The number of carbonyl (C=O) groups is 1. The number of rotatable bonds is 6. The average molecular weight is 439 g/mol. The third-order valence-electron chi connectivity index (χ3n) is 5.09. The van der Waals surface area contributed by atoms with E-state index in [0.29, 0.717) is 17.1 Å². The van der Waals surface area contributed by atoms with Gasteiger partial charge < -0.3 is 5.32 Å². The van der Waals surface area contributed by atoms with Crippen LogP contribution in [-0.2, 0) is 6.54 Å². The minimum atomic E-state index is -0.473. The topological polar surface area (TPSA) is 106 Å². The van der Waals surface area contributed by atoms with E-state index >= 15 is 0 Å². The van der Waals surface area contributed by atoms with E-state index in [9.17, 15) is 14.9 Å². The molecule has 0 aliphatic carbocycles. The van der Waals surface area contributed by atoms with Crippen molar-refractivity contribution >= 4 is 29.0 Å². The van der Waals surface area contributed by atoms with Gasteiger partial charge in [-0.15, -0.1) is 5.10 Å². The van der Waals surface area contributed by atoms with Crippen LogP contribution in [0, 0.1) is 17.0 Å². The standard InChI is InChI=1S/C21H22N6O3S/c1-15-20(23-24-26(15)18-6-3-7-19(13-18)27(29)30)21(28)22-17-5-2-4-16(12-17)14-25-8-10-31-11-9-25/h2-7,12-13H,8-11,14H2,1H3,(H,22,28).